The molecule has 0 spiro atoms. The summed E-state index contributed by atoms with van der Waals surface area (Å²) < 4.78 is 22.7. The van der Waals surface area contributed by atoms with Crippen LogP contribution in [0.1, 0.15) is 206 Å². The second-order valence-electron chi connectivity index (χ2n) is 19.4. The summed E-state index contributed by atoms with van der Waals surface area (Å²) in [4.78, 5) is 13.2. The van der Waals surface area contributed by atoms with E-state index < -0.39 is 86.8 Å². The lowest BCUT2D eigenvalue weighted by atomic mass is 9.97. The fourth-order valence-corrected chi connectivity index (χ4v) is 8.84. The Balaban J connectivity index is 1.82. The summed E-state index contributed by atoms with van der Waals surface area (Å²) >= 11 is 0. The van der Waals surface area contributed by atoms with Crippen LogP contribution in [-0.4, -0.2) is 140 Å². The summed E-state index contributed by atoms with van der Waals surface area (Å²) in [6.45, 7) is 2.74. The molecule has 398 valence electrons. The second kappa shape index (κ2) is 40.8. The molecule has 14 nitrogen and oxygen atoms in total. The molecule has 1 amide bonds. The topological polar surface area (TPSA) is 228 Å². The average molecular weight is 970 g/mol. The smallest absolute Gasteiger partial charge is 0.220 e. The van der Waals surface area contributed by atoms with Crippen LogP contribution < -0.4 is 5.32 Å². The Morgan fingerprint density at radius 1 is 0.529 bits per heavy atom. The number of nitrogens with one attached hydrogen (secondary N) is 1. The monoisotopic (exact) mass is 970 g/mol. The van der Waals surface area contributed by atoms with E-state index in [-0.39, 0.29) is 18.9 Å². The molecule has 2 rings (SSSR count). The summed E-state index contributed by atoms with van der Waals surface area (Å²) in [6.07, 6.45) is 30.4. The van der Waals surface area contributed by atoms with Crippen molar-refractivity contribution in [1.82, 2.24) is 5.32 Å². The minimum atomic E-state index is -1.79. The SMILES string of the molecule is CCCC/C=C\C/C=C\CCCCCCCC(=O)NC(COC1OC(CO)C(OC2OC(CO)C(O)C(O)C2O)C(O)C1O)C(O)/C=C/CCCCCCCCCCCCCCCCCCCC. The Hall–Kier alpha value is -1.79. The Morgan fingerprint density at radius 2 is 0.985 bits per heavy atom. The van der Waals surface area contributed by atoms with Crippen molar-refractivity contribution < 1.29 is 64.6 Å². The maximum Gasteiger partial charge on any atom is 0.220 e. The first kappa shape index (κ1) is 62.3. The van der Waals surface area contributed by atoms with Gasteiger partial charge in [0.1, 0.15) is 48.8 Å². The van der Waals surface area contributed by atoms with E-state index in [0.29, 0.717) is 6.42 Å². The number of amides is 1. The van der Waals surface area contributed by atoms with Crippen LogP contribution in [0.15, 0.2) is 36.5 Å². The molecule has 0 saturated carbocycles. The zero-order valence-corrected chi connectivity index (χ0v) is 42.3. The third-order valence-corrected chi connectivity index (χ3v) is 13.3. The number of allylic oxidation sites excluding steroid dienone is 5. The van der Waals surface area contributed by atoms with Crippen LogP contribution >= 0.6 is 0 Å². The molecule has 2 aliphatic rings. The molecule has 0 aromatic heterocycles. The minimum Gasteiger partial charge on any atom is -0.394 e. The van der Waals surface area contributed by atoms with Gasteiger partial charge in [-0.25, -0.2) is 0 Å². The maximum absolute atomic E-state index is 13.2. The molecule has 9 N–H and O–H groups in total. The molecule has 2 saturated heterocycles. The minimum absolute atomic E-state index is 0.254. The van der Waals surface area contributed by atoms with Crippen molar-refractivity contribution in [3.63, 3.8) is 0 Å². The molecule has 68 heavy (non-hydrogen) atoms. The van der Waals surface area contributed by atoms with Gasteiger partial charge in [-0.15, -0.1) is 0 Å². The lowest BCUT2D eigenvalue weighted by molar-refractivity contribution is -0.359. The molecule has 0 radical (unpaired) electrons. The molecule has 0 aromatic carbocycles. The second-order valence-corrected chi connectivity index (χ2v) is 19.4. The number of carbonyl (C=O) groups excluding carboxylic acids is 1. The number of ether oxygens (including phenoxy) is 4. The molecule has 2 fully saturated rings. The predicted molar refractivity (Wildman–Crippen MR) is 268 cm³/mol. The summed E-state index contributed by atoms with van der Waals surface area (Å²) in [6, 6.07) is -0.920. The predicted octanol–water partition coefficient (Wildman–Crippen LogP) is 7.88. The van der Waals surface area contributed by atoms with E-state index in [1.165, 1.54) is 116 Å². The van der Waals surface area contributed by atoms with E-state index in [4.69, 9.17) is 18.9 Å². The quantitative estimate of drug-likeness (QED) is 0.0210. The van der Waals surface area contributed by atoms with Crippen LogP contribution in [0.2, 0.25) is 0 Å². The number of unbranched alkanes of at least 4 members (excludes halogenated alkanes) is 25. The molecule has 0 aliphatic carbocycles. The van der Waals surface area contributed by atoms with Crippen molar-refractivity contribution in [2.75, 3.05) is 19.8 Å². The third kappa shape index (κ3) is 27.1. The highest BCUT2D eigenvalue weighted by molar-refractivity contribution is 5.76. The summed E-state index contributed by atoms with van der Waals surface area (Å²) in [5.41, 5.74) is 0. The highest BCUT2D eigenvalue weighted by atomic mass is 16.7. The van der Waals surface area contributed by atoms with E-state index >= 15 is 0 Å². The zero-order chi connectivity index (χ0) is 49.6. The first-order valence-electron chi connectivity index (χ1n) is 27.2. The molecule has 0 bridgehead atoms. The van der Waals surface area contributed by atoms with Gasteiger partial charge in [0.2, 0.25) is 5.91 Å². The van der Waals surface area contributed by atoms with E-state index in [1.807, 2.05) is 6.08 Å². The third-order valence-electron chi connectivity index (χ3n) is 13.3. The molecule has 0 aromatic rings. The fourth-order valence-electron chi connectivity index (χ4n) is 8.84. The highest BCUT2D eigenvalue weighted by Gasteiger charge is 2.51. The Morgan fingerprint density at radius 3 is 1.51 bits per heavy atom. The van der Waals surface area contributed by atoms with Crippen LogP contribution in [0.4, 0.5) is 0 Å². The van der Waals surface area contributed by atoms with Gasteiger partial charge in [-0.2, -0.15) is 0 Å². The average Bonchev–Trinajstić information content (AvgIpc) is 3.34. The van der Waals surface area contributed by atoms with Gasteiger partial charge in [-0.1, -0.05) is 192 Å². The summed E-state index contributed by atoms with van der Waals surface area (Å²) in [7, 11) is 0. The van der Waals surface area contributed by atoms with Gasteiger partial charge in [-0.3, -0.25) is 4.79 Å². The van der Waals surface area contributed by atoms with Crippen LogP contribution in [0.3, 0.4) is 0 Å². The number of carbonyl (C=O) groups is 1. The van der Waals surface area contributed by atoms with E-state index in [2.05, 4.69) is 43.5 Å². The normalized spacial score (nSPS) is 26.6. The van der Waals surface area contributed by atoms with Gasteiger partial charge < -0.3 is 65.1 Å². The summed E-state index contributed by atoms with van der Waals surface area (Å²) in [5.74, 6) is -0.254. The van der Waals surface area contributed by atoms with Gasteiger partial charge >= 0.3 is 0 Å². The van der Waals surface area contributed by atoms with Crippen molar-refractivity contribution in [2.45, 2.75) is 280 Å². The van der Waals surface area contributed by atoms with Crippen LogP contribution in [-0.2, 0) is 23.7 Å². The van der Waals surface area contributed by atoms with Crippen molar-refractivity contribution in [1.29, 1.82) is 0 Å². The van der Waals surface area contributed by atoms with Crippen LogP contribution in [0.25, 0.3) is 0 Å². The number of hydrogen-bond donors (Lipinski definition) is 9. The number of hydrogen-bond acceptors (Lipinski definition) is 13. The summed E-state index contributed by atoms with van der Waals surface area (Å²) in [5, 5.41) is 86.9. The largest absolute Gasteiger partial charge is 0.394 e. The molecular weight excluding hydrogens is 871 g/mol. The maximum atomic E-state index is 13.2. The van der Waals surface area contributed by atoms with Crippen molar-refractivity contribution in [3.8, 4) is 0 Å². The number of aliphatic hydroxyl groups is 8. The Labute approximate surface area is 411 Å². The molecule has 2 heterocycles. The van der Waals surface area contributed by atoms with E-state index in [1.54, 1.807) is 6.08 Å². The van der Waals surface area contributed by atoms with Gasteiger partial charge in [0.15, 0.2) is 12.6 Å². The molecule has 12 unspecified atom stereocenters. The molecule has 14 heteroatoms. The molecular formula is C54H99NO13. The van der Waals surface area contributed by atoms with Crippen LogP contribution in [0.5, 0.6) is 0 Å². The Kier molecular flexibility index (Phi) is 37.4. The van der Waals surface area contributed by atoms with Crippen molar-refractivity contribution in [2.24, 2.45) is 0 Å². The zero-order valence-electron chi connectivity index (χ0n) is 42.3. The number of rotatable bonds is 42. The van der Waals surface area contributed by atoms with Gasteiger partial charge in [0.25, 0.3) is 0 Å². The van der Waals surface area contributed by atoms with Crippen molar-refractivity contribution >= 4 is 5.91 Å². The lowest BCUT2D eigenvalue weighted by Gasteiger charge is -2.46. The fraction of sp³-hybridized carbons (Fsp3) is 0.870. The van der Waals surface area contributed by atoms with Gasteiger partial charge in [0, 0.05) is 6.42 Å². The standard InChI is InChI=1S/C54H99NO13/c1-3-5-7-9-11-13-15-17-19-20-21-22-23-24-25-27-29-31-33-35-37-43(58)42(55-46(59)38-36-34-32-30-28-26-18-16-14-12-10-8-6-4-2)41-65-53-51(64)49(62)52(45(40-57)67-53)68-54-50(63)48(61)47(60)44(39-56)66-54/h10,12,16,18,35,37,42-45,47-54,56-58,60-64H,3-9,11,13-15,17,19-34,36,38-41H2,1-2H3,(H,55,59)/b12-10-,18-16-,37-35+. The van der Waals surface area contributed by atoms with Crippen molar-refractivity contribution in [3.05, 3.63) is 36.5 Å². The first-order valence-corrected chi connectivity index (χ1v) is 27.2. The number of aliphatic hydroxyl groups excluding tert-OH is 8. The van der Waals surface area contributed by atoms with Gasteiger partial charge in [0.05, 0.1) is 32.0 Å². The molecule has 12 atom stereocenters. The van der Waals surface area contributed by atoms with E-state index in [9.17, 15) is 45.6 Å². The Bertz CT molecular complexity index is 1280. The first-order chi connectivity index (χ1) is 33.1. The highest BCUT2D eigenvalue weighted by Crippen LogP contribution is 2.30. The van der Waals surface area contributed by atoms with E-state index in [0.717, 1.165) is 64.2 Å². The van der Waals surface area contributed by atoms with Crippen LogP contribution in [0, 0.1) is 0 Å². The van der Waals surface area contributed by atoms with Gasteiger partial charge in [-0.05, 0) is 44.9 Å². The molecule has 2 aliphatic heterocycles. The lowest BCUT2D eigenvalue weighted by Crippen LogP contribution is -2.65.